The lowest BCUT2D eigenvalue weighted by Gasteiger charge is -2.20. The SMILES string of the molecule is O=COCCc1ccc(OC(F)(F)C(F)(F)F)cc1. The van der Waals surface area contributed by atoms with Gasteiger partial charge in [0.1, 0.15) is 5.75 Å². The third-order valence-electron chi connectivity index (χ3n) is 2.08. The standard InChI is InChI=1S/C11H9F5O3/c12-10(13,14)11(15,16)19-9-3-1-8(2-4-9)5-6-18-7-17/h1-4,7H,5-6H2. The van der Waals surface area contributed by atoms with Crippen molar-refractivity contribution in [1.82, 2.24) is 0 Å². The average molecular weight is 284 g/mol. The van der Waals surface area contributed by atoms with Crippen molar-refractivity contribution in [3.05, 3.63) is 29.8 Å². The van der Waals surface area contributed by atoms with Crippen molar-refractivity contribution in [1.29, 1.82) is 0 Å². The summed E-state index contributed by atoms with van der Waals surface area (Å²) in [6.45, 7) is 0.337. The molecule has 106 valence electrons. The predicted octanol–water partition coefficient (Wildman–Crippen LogP) is 2.94. The van der Waals surface area contributed by atoms with Gasteiger partial charge >= 0.3 is 12.3 Å². The predicted molar refractivity (Wildman–Crippen MR) is 53.8 cm³/mol. The zero-order chi connectivity index (χ0) is 14.5. The number of hydrogen-bond donors (Lipinski definition) is 0. The normalized spacial score (nSPS) is 12.1. The van der Waals surface area contributed by atoms with Crippen molar-refractivity contribution in [3.8, 4) is 5.75 Å². The third-order valence-corrected chi connectivity index (χ3v) is 2.08. The number of alkyl halides is 5. The Balaban J connectivity index is 2.64. The third kappa shape index (κ3) is 4.38. The number of halogens is 5. The van der Waals surface area contributed by atoms with Gasteiger partial charge in [0.25, 0.3) is 6.47 Å². The van der Waals surface area contributed by atoms with Crippen LogP contribution in [0.4, 0.5) is 22.0 Å². The second-order valence-electron chi connectivity index (χ2n) is 3.48. The molecule has 8 heteroatoms. The Morgan fingerprint density at radius 2 is 1.63 bits per heavy atom. The van der Waals surface area contributed by atoms with E-state index in [1.165, 1.54) is 12.1 Å². The van der Waals surface area contributed by atoms with Crippen LogP contribution < -0.4 is 4.74 Å². The fourth-order valence-electron chi connectivity index (χ4n) is 1.15. The maximum Gasteiger partial charge on any atom is 0.499 e. The van der Waals surface area contributed by atoms with Gasteiger partial charge in [0.2, 0.25) is 0 Å². The van der Waals surface area contributed by atoms with E-state index in [1.807, 2.05) is 0 Å². The molecule has 1 aromatic rings. The Hall–Kier alpha value is -1.86. The Bertz CT molecular complexity index is 413. The van der Waals surface area contributed by atoms with E-state index in [0.717, 1.165) is 12.1 Å². The highest BCUT2D eigenvalue weighted by Gasteiger charge is 2.61. The maximum absolute atomic E-state index is 12.6. The minimum atomic E-state index is -5.77. The summed E-state index contributed by atoms with van der Waals surface area (Å²) in [6, 6.07) is 4.57. The molecule has 0 heterocycles. The van der Waals surface area contributed by atoms with Crippen LogP contribution in [-0.4, -0.2) is 25.4 Å². The van der Waals surface area contributed by atoms with Crippen molar-refractivity contribution in [2.45, 2.75) is 18.7 Å². The molecule has 0 saturated heterocycles. The highest BCUT2D eigenvalue weighted by atomic mass is 19.4. The topological polar surface area (TPSA) is 35.5 Å². The van der Waals surface area contributed by atoms with Crippen LogP contribution in [0.15, 0.2) is 24.3 Å². The molecule has 0 aliphatic carbocycles. The van der Waals surface area contributed by atoms with Gasteiger partial charge in [-0.1, -0.05) is 12.1 Å². The molecule has 0 atom stereocenters. The zero-order valence-corrected chi connectivity index (χ0v) is 9.42. The molecule has 0 saturated carbocycles. The summed E-state index contributed by atoms with van der Waals surface area (Å²) in [5, 5.41) is 0. The van der Waals surface area contributed by atoms with Crippen LogP contribution >= 0.6 is 0 Å². The summed E-state index contributed by atoms with van der Waals surface area (Å²) in [7, 11) is 0. The second-order valence-corrected chi connectivity index (χ2v) is 3.48. The molecule has 19 heavy (non-hydrogen) atoms. The molecule has 0 aliphatic heterocycles. The molecule has 0 amide bonds. The van der Waals surface area contributed by atoms with Crippen molar-refractivity contribution in [2.24, 2.45) is 0 Å². The van der Waals surface area contributed by atoms with E-state index in [9.17, 15) is 26.7 Å². The van der Waals surface area contributed by atoms with Gasteiger partial charge in [0.05, 0.1) is 6.61 Å². The van der Waals surface area contributed by atoms with Gasteiger partial charge in [-0.3, -0.25) is 4.79 Å². The van der Waals surface area contributed by atoms with Crippen LogP contribution in [0.1, 0.15) is 5.56 Å². The van der Waals surface area contributed by atoms with Gasteiger partial charge in [-0.25, -0.2) is 0 Å². The largest absolute Gasteiger partial charge is 0.499 e. The molecule has 0 N–H and O–H groups in total. The van der Waals surface area contributed by atoms with E-state index in [1.54, 1.807) is 0 Å². The smallest absolute Gasteiger partial charge is 0.468 e. The van der Waals surface area contributed by atoms with Crippen LogP contribution in [0.5, 0.6) is 5.75 Å². The Morgan fingerprint density at radius 3 is 2.11 bits per heavy atom. The molecule has 3 nitrogen and oxygen atoms in total. The van der Waals surface area contributed by atoms with E-state index in [0.29, 0.717) is 12.0 Å². The molecule has 0 aliphatic rings. The van der Waals surface area contributed by atoms with E-state index in [-0.39, 0.29) is 13.1 Å². The lowest BCUT2D eigenvalue weighted by Crippen LogP contribution is -2.41. The Kier molecular flexibility index (Phi) is 4.68. The second kappa shape index (κ2) is 5.85. The summed E-state index contributed by atoms with van der Waals surface area (Å²) in [5.41, 5.74) is 0.601. The first-order valence-electron chi connectivity index (χ1n) is 5.04. The van der Waals surface area contributed by atoms with E-state index < -0.39 is 18.0 Å². The molecule has 0 spiro atoms. The quantitative estimate of drug-likeness (QED) is 0.458. The number of ether oxygens (including phenoxy) is 2. The average Bonchev–Trinajstić information content (AvgIpc) is 2.30. The van der Waals surface area contributed by atoms with Crippen LogP contribution in [0.3, 0.4) is 0 Å². The zero-order valence-electron chi connectivity index (χ0n) is 9.42. The van der Waals surface area contributed by atoms with Crippen molar-refractivity contribution < 1.29 is 36.2 Å². The Labute approximate surface area is 104 Å². The lowest BCUT2D eigenvalue weighted by atomic mass is 10.1. The number of hydrogen-bond acceptors (Lipinski definition) is 3. The van der Waals surface area contributed by atoms with E-state index in [2.05, 4.69) is 9.47 Å². The summed E-state index contributed by atoms with van der Waals surface area (Å²) in [5.74, 6) is -0.609. The molecule has 0 bridgehead atoms. The fraction of sp³-hybridized carbons (Fsp3) is 0.364. The molecule has 1 rings (SSSR count). The maximum atomic E-state index is 12.6. The van der Waals surface area contributed by atoms with Gasteiger partial charge in [-0.15, -0.1) is 0 Å². The van der Waals surface area contributed by atoms with Crippen LogP contribution in [-0.2, 0) is 16.0 Å². The molecule has 1 aromatic carbocycles. The van der Waals surface area contributed by atoms with Crippen LogP contribution in [0.2, 0.25) is 0 Å². The lowest BCUT2D eigenvalue weighted by molar-refractivity contribution is -0.360. The summed E-state index contributed by atoms with van der Waals surface area (Å²) < 4.78 is 68.8. The van der Waals surface area contributed by atoms with Crippen molar-refractivity contribution in [3.63, 3.8) is 0 Å². The molecule has 0 unspecified atom stereocenters. The first kappa shape index (κ1) is 15.2. The van der Waals surface area contributed by atoms with Gasteiger partial charge in [-0.2, -0.15) is 22.0 Å². The molecule has 0 fully saturated rings. The van der Waals surface area contributed by atoms with Crippen LogP contribution in [0.25, 0.3) is 0 Å². The van der Waals surface area contributed by atoms with Gasteiger partial charge in [-0.05, 0) is 17.7 Å². The van der Waals surface area contributed by atoms with Gasteiger partial charge in [0, 0.05) is 6.42 Å². The van der Waals surface area contributed by atoms with Crippen molar-refractivity contribution in [2.75, 3.05) is 6.61 Å². The molecule has 0 radical (unpaired) electrons. The summed E-state index contributed by atoms with van der Waals surface area (Å²) in [6.07, 6.45) is -10.7. The van der Waals surface area contributed by atoms with E-state index >= 15 is 0 Å². The molecule has 0 aromatic heterocycles. The highest BCUT2D eigenvalue weighted by molar-refractivity contribution is 5.37. The number of rotatable bonds is 6. The molecular weight excluding hydrogens is 275 g/mol. The summed E-state index contributed by atoms with van der Waals surface area (Å²) >= 11 is 0. The first-order chi connectivity index (χ1) is 8.76. The van der Waals surface area contributed by atoms with E-state index in [4.69, 9.17) is 0 Å². The number of carbonyl (C=O) groups is 1. The molecular formula is C11H9F5O3. The van der Waals surface area contributed by atoms with Gasteiger partial charge in [0.15, 0.2) is 0 Å². The monoisotopic (exact) mass is 284 g/mol. The first-order valence-corrected chi connectivity index (χ1v) is 5.04. The minimum Gasteiger partial charge on any atom is -0.468 e. The fourth-order valence-corrected chi connectivity index (χ4v) is 1.15. The number of benzene rings is 1. The minimum absolute atomic E-state index is 0.0857. The number of carbonyl (C=O) groups excluding carboxylic acids is 1. The highest BCUT2D eigenvalue weighted by Crippen LogP contribution is 2.37. The summed E-state index contributed by atoms with van der Waals surface area (Å²) in [4.78, 5) is 9.87. The van der Waals surface area contributed by atoms with Crippen LogP contribution in [0, 0.1) is 0 Å². The van der Waals surface area contributed by atoms with Gasteiger partial charge < -0.3 is 9.47 Å². The van der Waals surface area contributed by atoms with Crippen molar-refractivity contribution >= 4 is 6.47 Å². The Morgan fingerprint density at radius 1 is 1.05 bits per heavy atom.